The van der Waals surface area contributed by atoms with Crippen molar-refractivity contribution in [2.45, 2.75) is 26.2 Å². The van der Waals surface area contributed by atoms with Crippen LogP contribution in [0.2, 0.25) is 0 Å². The van der Waals surface area contributed by atoms with Crippen LogP contribution in [-0.4, -0.2) is 12.6 Å². The number of nitriles is 1. The van der Waals surface area contributed by atoms with Crippen molar-refractivity contribution in [2.24, 2.45) is 5.41 Å². The van der Waals surface area contributed by atoms with E-state index in [1.807, 2.05) is 31.2 Å². The van der Waals surface area contributed by atoms with E-state index in [0.29, 0.717) is 18.6 Å². The van der Waals surface area contributed by atoms with Gasteiger partial charge in [0, 0.05) is 6.42 Å². The number of hydrogen-bond acceptors (Lipinski definition) is 4. The first-order valence-electron chi connectivity index (χ1n) is 6.64. The summed E-state index contributed by atoms with van der Waals surface area (Å²) in [7, 11) is 0. The van der Waals surface area contributed by atoms with E-state index in [9.17, 15) is 4.79 Å². The van der Waals surface area contributed by atoms with Gasteiger partial charge in [0.15, 0.2) is 17.3 Å². The van der Waals surface area contributed by atoms with Crippen LogP contribution >= 0.6 is 0 Å². The molecule has 4 nitrogen and oxygen atoms in total. The number of allylic oxidation sites excluding steroid dienone is 1. The van der Waals surface area contributed by atoms with Gasteiger partial charge in [0.2, 0.25) is 6.79 Å². The Bertz CT molecular complexity index is 642. The molecule has 102 valence electrons. The number of benzene rings is 1. The van der Waals surface area contributed by atoms with E-state index in [4.69, 9.17) is 14.7 Å². The number of fused-ring (bicyclic) bond motifs is 1. The van der Waals surface area contributed by atoms with Gasteiger partial charge in [-0.3, -0.25) is 4.79 Å². The first-order chi connectivity index (χ1) is 9.59. The molecule has 1 aromatic carbocycles. The summed E-state index contributed by atoms with van der Waals surface area (Å²) in [5.74, 6) is 1.52. The summed E-state index contributed by atoms with van der Waals surface area (Å²) in [6.45, 7) is 2.09. The summed E-state index contributed by atoms with van der Waals surface area (Å²) in [5.41, 5.74) is 1.21. The fourth-order valence-corrected chi connectivity index (χ4v) is 2.56. The van der Waals surface area contributed by atoms with Crippen LogP contribution < -0.4 is 9.47 Å². The van der Waals surface area contributed by atoms with E-state index in [0.717, 1.165) is 23.3 Å². The number of carbonyl (C=O) groups excluding carboxylic acids is 1. The normalized spacial score (nSPS) is 26.6. The van der Waals surface area contributed by atoms with E-state index >= 15 is 0 Å². The van der Waals surface area contributed by atoms with Gasteiger partial charge in [0.05, 0.1) is 11.5 Å². The Labute approximate surface area is 117 Å². The van der Waals surface area contributed by atoms with Crippen molar-refractivity contribution in [1.82, 2.24) is 0 Å². The molecule has 0 radical (unpaired) electrons. The van der Waals surface area contributed by atoms with Crippen LogP contribution in [0.4, 0.5) is 0 Å². The number of carbonyl (C=O) groups is 1. The van der Waals surface area contributed by atoms with Crippen molar-refractivity contribution >= 4 is 11.9 Å². The molecule has 0 saturated heterocycles. The Kier molecular flexibility index (Phi) is 2.98. The van der Waals surface area contributed by atoms with Gasteiger partial charge in [-0.25, -0.2) is 0 Å². The number of ether oxygens (including phenoxy) is 2. The largest absolute Gasteiger partial charge is 0.454 e. The lowest BCUT2D eigenvalue weighted by Crippen LogP contribution is -2.25. The Morgan fingerprint density at radius 3 is 2.90 bits per heavy atom. The van der Waals surface area contributed by atoms with Gasteiger partial charge < -0.3 is 9.47 Å². The second kappa shape index (κ2) is 4.68. The highest BCUT2D eigenvalue weighted by molar-refractivity contribution is 6.00. The van der Waals surface area contributed by atoms with Crippen molar-refractivity contribution in [3.63, 3.8) is 0 Å². The Morgan fingerprint density at radius 2 is 2.15 bits per heavy atom. The molecule has 1 saturated carbocycles. The quantitative estimate of drug-likeness (QED) is 0.735. The average molecular weight is 269 g/mol. The van der Waals surface area contributed by atoms with Gasteiger partial charge in [-0.15, -0.1) is 0 Å². The first kappa shape index (κ1) is 12.7. The molecule has 1 aliphatic heterocycles. The van der Waals surface area contributed by atoms with E-state index in [-0.39, 0.29) is 12.6 Å². The monoisotopic (exact) mass is 269 g/mol. The average Bonchev–Trinajstić information content (AvgIpc) is 2.90. The molecular formula is C16H15NO3. The van der Waals surface area contributed by atoms with E-state index in [1.165, 1.54) is 0 Å². The molecule has 1 fully saturated rings. The first-order valence-corrected chi connectivity index (χ1v) is 6.64. The number of nitrogens with zero attached hydrogens (tertiary/aromatic N) is 1. The van der Waals surface area contributed by atoms with Gasteiger partial charge in [-0.2, -0.15) is 5.26 Å². The smallest absolute Gasteiger partial charge is 0.231 e. The van der Waals surface area contributed by atoms with Crippen LogP contribution in [0.25, 0.3) is 6.08 Å². The third-order valence-electron chi connectivity index (χ3n) is 3.86. The molecule has 1 heterocycles. The number of ketones is 1. The highest BCUT2D eigenvalue weighted by Crippen LogP contribution is 2.37. The second-order valence-corrected chi connectivity index (χ2v) is 5.55. The standard InChI is InChI=1S/C16H15NO3/c1-16(9-17)5-4-12(13(18)8-16)6-11-2-3-14-15(7-11)20-10-19-14/h2-3,6-7H,4-5,8,10H2,1H3/b12-6-/t16-/m1/s1. The Hall–Kier alpha value is -2.28. The molecule has 1 aromatic rings. The van der Waals surface area contributed by atoms with E-state index in [1.54, 1.807) is 0 Å². The number of hydrogen-bond donors (Lipinski definition) is 0. The van der Waals surface area contributed by atoms with Crippen LogP contribution in [0.15, 0.2) is 23.8 Å². The minimum atomic E-state index is -0.511. The lowest BCUT2D eigenvalue weighted by atomic mass is 9.74. The van der Waals surface area contributed by atoms with E-state index in [2.05, 4.69) is 6.07 Å². The van der Waals surface area contributed by atoms with Crippen LogP contribution in [0, 0.1) is 16.7 Å². The fraction of sp³-hybridized carbons (Fsp3) is 0.375. The molecule has 0 aromatic heterocycles. The highest BCUT2D eigenvalue weighted by atomic mass is 16.7. The minimum Gasteiger partial charge on any atom is -0.454 e. The van der Waals surface area contributed by atoms with Gasteiger partial charge in [-0.1, -0.05) is 6.07 Å². The molecule has 2 aliphatic rings. The van der Waals surface area contributed by atoms with Crippen LogP contribution in [0.3, 0.4) is 0 Å². The van der Waals surface area contributed by atoms with Crippen molar-refractivity contribution in [3.05, 3.63) is 29.3 Å². The van der Waals surface area contributed by atoms with Gasteiger partial charge >= 0.3 is 0 Å². The van der Waals surface area contributed by atoms with Gasteiger partial charge in [-0.05, 0) is 49.1 Å². The zero-order valence-corrected chi connectivity index (χ0v) is 11.3. The molecule has 4 heteroatoms. The van der Waals surface area contributed by atoms with E-state index < -0.39 is 5.41 Å². The fourth-order valence-electron chi connectivity index (χ4n) is 2.56. The summed E-state index contributed by atoms with van der Waals surface area (Å²) >= 11 is 0. The van der Waals surface area contributed by atoms with Crippen molar-refractivity contribution < 1.29 is 14.3 Å². The lowest BCUT2D eigenvalue weighted by molar-refractivity contribution is -0.118. The van der Waals surface area contributed by atoms with Crippen LogP contribution in [0.5, 0.6) is 11.5 Å². The van der Waals surface area contributed by atoms with Gasteiger partial charge in [0.25, 0.3) is 0 Å². The molecule has 0 amide bonds. The van der Waals surface area contributed by atoms with Crippen LogP contribution in [0.1, 0.15) is 31.7 Å². The van der Waals surface area contributed by atoms with Crippen LogP contribution in [-0.2, 0) is 4.79 Å². The lowest BCUT2D eigenvalue weighted by Gasteiger charge is -2.26. The predicted molar refractivity (Wildman–Crippen MR) is 73.1 cm³/mol. The van der Waals surface area contributed by atoms with Gasteiger partial charge in [0.1, 0.15) is 0 Å². The van der Waals surface area contributed by atoms with Crippen molar-refractivity contribution in [2.75, 3.05) is 6.79 Å². The molecule has 0 bridgehead atoms. The van der Waals surface area contributed by atoms with Crippen molar-refractivity contribution in [3.8, 4) is 17.6 Å². The molecule has 0 N–H and O–H groups in total. The summed E-state index contributed by atoms with van der Waals surface area (Å²) < 4.78 is 10.6. The third kappa shape index (κ3) is 2.27. The SMILES string of the molecule is C[C@@]1(C#N)CC/C(=C/c2ccc3c(c2)OCO3)C(=O)C1. The summed E-state index contributed by atoms with van der Waals surface area (Å²) in [4.78, 5) is 12.1. The maximum atomic E-state index is 12.1. The highest BCUT2D eigenvalue weighted by Gasteiger charge is 2.33. The number of Topliss-reactive ketones (excluding diaryl/α,β-unsaturated/α-hetero) is 1. The third-order valence-corrected chi connectivity index (χ3v) is 3.86. The summed E-state index contributed by atoms with van der Waals surface area (Å²) in [6, 6.07) is 7.88. The molecule has 1 aliphatic carbocycles. The molecule has 20 heavy (non-hydrogen) atoms. The minimum absolute atomic E-state index is 0.0676. The summed E-state index contributed by atoms with van der Waals surface area (Å²) in [5, 5.41) is 9.10. The van der Waals surface area contributed by atoms with Crippen molar-refractivity contribution in [1.29, 1.82) is 5.26 Å². The molecule has 0 spiro atoms. The molecular weight excluding hydrogens is 254 g/mol. The predicted octanol–water partition coefficient (Wildman–Crippen LogP) is 3.08. The number of rotatable bonds is 1. The Balaban J connectivity index is 1.83. The zero-order valence-electron chi connectivity index (χ0n) is 11.3. The molecule has 1 atom stereocenters. The zero-order chi connectivity index (χ0) is 14.2. The maximum absolute atomic E-state index is 12.1. The topological polar surface area (TPSA) is 59.3 Å². The summed E-state index contributed by atoms with van der Waals surface area (Å²) in [6.07, 6.45) is 3.57. The Morgan fingerprint density at radius 1 is 1.35 bits per heavy atom. The molecule has 3 rings (SSSR count). The second-order valence-electron chi connectivity index (χ2n) is 5.55. The maximum Gasteiger partial charge on any atom is 0.231 e. The molecule has 0 unspecified atom stereocenters.